The molecule has 0 saturated carbocycles. The minimum Gasteiger partial charge on any atom is -0.478 e. The maximum Gasteiger partial charge on any atom is 0.336 e. The number of aromatic carboxylic acids is 1. The Morgan fingerprint density at radius 2 is 1.75 bits per heavy atom. The number of fused-ring (bicyclic) bond motifs is 1. The molecule has 20 heavy (non-hydrogen) atoms. The highest BCUT2D eigenvalue weighted by molar-refractivity contribution is 7.99. The Hall–Kier alpha value is -2.33. The van der Waals surface area contributed by atoms with E-state index in [-0.39, 0.29) is 0 Å². The van der Waals surface area contributed by atoms with Crippen molar-refractivity contribution in [3.8, 4) is 0 Å². The molecular formula is C16H11NO2S. The van der Waals surface area contributed by atoms with Gasteiger partial charge >= 0.3 is 5.97 Å². The van der Waals surface area contributed by atoms with Gasteiger partial charge in [-0.15, -0.1) is 0 Å². The molecule has 0 aliphatic carbocycles. The van der Waals surface area contributed by atoms with Crippen molar-refractivity contribution in [2.75, 3.05) is 0 Å². The molecule has 2 aromatic carbocycles. The third-order valence-electron chi connectivity index (χ3n) is 2.96. The Bertz CT molecular complexity index is 781. The zero-order valence-electron chi connectivity index (χ0n) is 10.5. The number of hydrogen-bond acceptors (Lipinski definition) is 3. The summed E-state index contributed by atoms with van der Waals surface area (Å²) in [6.45, 7) is 0. The minimum atomic E-state index is -0.923. The monoisotopic (exact) mass is 281 g/mol. The van der Waals surface area contributed by atoms with Gasteiger partial charge in [0.15, 0.2) is 0 Å². The number of benzene rings is 2. The van der Waals surface area contributed by atoms with E-state index in [1.807, 2.05) is 36.4 Å². The normalized spacial score (nSPS) is 10.6. The van der Waals surface area contributed by atoms with Gasteiger partial charge in [0.1, 0.15) is 5.03 Å². The molecule has 0 unspecified atom stereocenters. The van der Waals surface area contributed by atoms with Crippen molar-refractivity contribution >= 4 is 28.5 Å². The number of carboxylic acids is 1. The van der Waals surface area contributed by atoms with Crippen LogP contribution in [0.5, 0.6) is 0 Å². The van der Waals surface area contributed by atoms with Gasteiger partial charge in [-0.2, -0.15) is 0 Å². The number of nitrogens with zero attached hydrogens (tertiary/aromatic N) is 1. The van der Waals surface area contributed by atoms with Gasteiger partial charge in [-0.1, -0.05) is 48.2 Å². The van der Waals surface area contributed by atoms with E-state index in [0.29, 0.717) is 10.5 Å². The lowest BCUT2D eigenvalue weighted by Gasteiger charge is -2.07. The Morgan fingerprint density at radius 3 is 2.60 bits per heavy atom. The van der Waals surface area contributed by atoms with Gasteiger partial charge < -0.3 is 5.11 Å². The predicted molar refractivity (Wildman–Crippen MR) is 79.3 cm³/mol. The highest BCUT2D eigenvalue weighted by atomic mass is 32.2. The van der Waals surface area contributed by atoms with Crippen LogP contribution in [0.25, 0.3) is 10.8 Å². The molecule has 1 heterocycles. The van der Waals surface area contributed by atoms with E-state index in [9.17, 15) is 9.90 Å². The molecule has 0 bridgehead atoms. The summed E-state index contributed by atoms with van der Waals surface area (Å²) in [7, 11) is 0. The molecule has 3 nitrogen and oxygen atoms in total. The first-order valence-corrected chi connectivity index (χ1v) is 6.91. The minimum absolute atomic E-state index is 0.298. The lowest BCUT2D eigenvalue weighted by Crippen LogP contribution is -1.98. The molecule has 0 radical (unpaired) electrons. The lowest BCUT2D eigenvalue weighted by atomic mass is 10.2. The van der Waals surface area contributed by atoms with E-state index in [4.69, 9.17) is 0 Å². The molecule has 0 aliphatic rings. The number of rotatable bonds is 3. The number of pyridine rings is 1. The molecule has 0 atom stereocenters. The zero-order valence-corrected chi connectivity index (χ0v) is 11.3. The van der Waals surface area contributed by atoms with Crippen molar-refractivity contribution in [2.24, 2.45) is 0 Å². The average Bonchev–Trinajstić information content (AvgIpc) is 2.48. The summed E-state index contributed by atoms with van der Waals surface area (Å²) in [6, 6.07) is 16.9. The van der Waals surface area contributed by atoms with Crippen LogP contribution in [0, 0.1) is 0 Å². The molecule has 0 aliphatic heterocycles. The van der Waals surface area contributed by atoms with Gasteiger partial charge in [-0.25, -0.2) is 9.78 Å². The van der Waals surface area contributed by atoms with Crippen LogP contribution >= 0.6 is 11.8 Å². The maximum atomic E-state index is 11.2. The fraction of sp³-hybridized carbons (Fsp3) is 0. The summed E-state index contributed by atoms with van der Waals surface area (Å²) in [5.74, 6) is -0.923. The fourth-order valence-corrected chi connectivity index (χ4v) is 3.04. The van der Waals surface area contributed by atoms with E-state index in [0.717, 1.165) is 15.8 Å². The van der Waals surface area contributed by atoms with E-state index in [1.165, 1.54) is 11.8 Å². The first-order chi connectivity index (χ1) is 9.75. The van der Waals surface area contributed by atoms with Crippen molar-refractivity contribution in [1.29, 1.82) is 0 Å². The molecule has 0 amide bonds. The van der Waals surface area contributed by atoms with Crippen LogP contribution in [0.3, 0.4) is 0 Å². The van der Waals surface area contributed by atoms with Crippen LogP contribution in [-0.4, -0.2) is 16.1 Å². The standard InChI is InChI=1S/C16H11NO2S/c18-16(19)13-7-3-4-8-14(13)20-15-12-6-2-1-5-11(12)9-10-17-15/h1-10H,(H,18,19). The maximum absolute atomic E-state index is 11.2. The average molecular weight is 281 g/mol. The summed E-state index contributed by atoms with van der Waals surface area (Å²) < 4.78 is 0. The Labute approximate surface area is 120 Å². The van der Waals surface area contributed by atoms with Gasteiger partial charge in [0.25, 0.3) is 0 Å². The second-order valence-electron chi connectivity index (χ2n) is 4.24. The van der Waals surface area contributed by atoms with E-state index < -0.39 is 5.97 Å². The molecule has 1 aromatic heterocycles. The molecule has 4 heteroatoms. The van der Waals surface area contributed by atoms with Crippen LogP contribution in [0.15, 0.2) is 70.7 Å². The van der Waals surface area contributed by atoms with Crippen LogP contribution in [-0.2, 0) is 0 Å². The number of aromatic nitrogens is 1. The molecule has 0 saturated heterocycles. The quantitative estimate of drug-likeness (QED) is 0.785. The van der Waals surface area contributed by atoms with Crippen LogP contribution in [0.4, 0.5) is 0 Å². The Kier molecular flexibility index (Phi) is 3.39. The van der Waals surface area contributed by atoms with E-state index >= 15 is 0 Å². The summed E-state index contributed by atoms with van der Waals surface area (Å²) in [4.78, 5) is 16.3. The molecular weight excluding hydrogens is 270 g/mol. The van der Waals surface area contributed by atoms with E-state index in [1.54, 1.807) is 24.4 Å². The van der Waals surface area contributed by atoms with Crippen LogP contribution in [0.1, 0.15) is 10.4 Å². The number of carboxylic acid groups (broad SMARTS) is 1. The summed E-state index contributed by atoms with van der Waals surface area (Å²) >= 11 is 1.38. The van der Waals surface area contributed by atoms with Gasteiger partial charge in [-0.3, -0.25) is 0 Å². The molecule has 98 valence electrons. The van der Waals surface area contributed by atoms with Crippen LogP contribution in [0.2, 0.25) is 0 Å². The third-order valence-corrected chi connectivity index (χ3v) is 4.06. The third kappa shape index (κ3) is 2.38. The smallest absolute Gasteiger partial charge is 0.336 e. The van der Waals surface area contributed by atoms with Gasteiger partial charge in [-0.05, 0) is 23.6 Å². The topological polar surface area (TPSA) is 50.2 Å². The first-order valence-electron chi connectivity index (χ1n) is 6.09. The Balaban J connectivity index is 2.08. The van der Waals surface area contributed by atoms with Gasteiger partial charge in [0, 0.05) is 16.5 Å². The molecule has 3 aromatic rings. The molecule has 1 N–H and O–H groups in total. The SMILES string of the molecule is O=C(O)c1ccccc1Sc1nccc2ccccc12. The first kappa shape index (κ1) is 12.7. The fourth-order valence-electron chi connectivity index (χ4n) is 2.01. The molecule has 0 fully saturated rings. The number of hydrogen-bond donors (Lipinski definition) is 1. The van der Waals surface area contributed by atoms with Crippen LogP contribution < -0.4 is 0 Å². The Morgan fingerprint density at radius 1 is 1.00 bits per heavy atom. The largest absolute Gasteiger partial charge is 0.478 e. The van der Waals surface area contributed by atoms with Gasteiger partial charge in [0.2, 0.25) is 0 Å². The number of carbonyl (C=O) groups is 1. The van der Waals surface area contributed by atoms with Crippen molar-refractivity contribution in [1.82, 2.24) is 4.98 Å². The predicted octanol–water partition coefficient (Wildman–Crippen LogP) is 4.08. The van der Waals surface area contributed by atoms with Crippen molar-refractivity contribution in [2.45, 2.75) is 9.92 Å². The summed E-state index contributed by atoms with van der Waals surface area (Å²) in [5, 5.41) is 12.2. The second-order valence-corrected chi connectivity index (χ2v) is 5.27. The zero-order chi connectivity index (χ0) is 13.9. The van der Waals surface area contributed by atoms with Crippen molar-refractivity contribution in [3.63, 3.8) is 0 Å². The lowest BCUT2D eigenvalue weighted by molar-refractivity contribution is 0.0693. The molecule has 3 rings (SSSR count). The van der Waals surface area contributed by atoms with Crippen molar-refractivity contribution in [3.05, 3.63) is 66.4 Å². The second kappa shape index (κ2) is 5.35. The van der Waals surface area contributed by atoms with Gasteiger partial charge in [0.05, 0.1) is 5.56 Å². The summed E-state index contributed by atoms with van der Waals surface area (Å²) in [6.07, 6.45) is 1.74. The molecule has 0 spiro atoms. The highest BCUT2D eigenvalue weighted by Crippen LogP contribution is 2.33. The van der Waals surface area contributed by atoms with Crippen molar-refractivity contribution < 1.29 is 9.90 Å². The highest BCUT2D eigenvalue weighted by Gasteiger charge is 2.12. The van der Waals surface area contributed by atoms with E-state index in [2.05, 4.69) is 4.98 Å². The summed E-state index contributed by atoms with van der Waals surface area (Å²) in [5.41, 5.74) is 0.298.